The monoisotopic (exact) mass is 240 g/mol. The molecule has 1 fully saturated rings. The summed E-state index contributed by atoms with van der Waals surface area (Å²) < 4.78 is 0. The van der Waals surface area contributed by atoms with Crippen molar-refractivity contribution in [3.63, 3.8) is 0 Å². The second-order valence-electron chi connectivity index (χ2n) is 5.88. The second kappa shape index (κ2) is 7.00. The number of carbonyl (C=O) groups excluding carboxylic acids is 1. The zero-order valence-corrected chi connectivity index (χ0v) is 11.6. The maximum absolute atomic E-state index is 12.2. The highest BCUT2D eigenvalue weighted by molar-refractivity contribution is 5.76. The van der Waals surface area contributed by atoms with Crippen molar-refractivity contribution < 1.29 is 4.79 Å². The van der Waals surface area contributed by atoms with E-state index in [1.165, 1.54) is 19.3 Å². The van der Waals surface area contributed by atoms with E-state index in [-0.39, 0.29) is 6.04 Å². The molecule has 0 aromatic rings. The van der Waals surface area contributed by atoms with Gasteiger partial charge in [-0.1, -0.05) is 13.8 Å². The fourth-order valence-corrected chi connectivity index (χ4v) is 2.61. The second-order valence-corrected chi connectivity index (χ2v) is 5.88. The number of hydrogen-bond acceptors (Lipinski definition) is 2. The van der Waals surface area contributed by atoms with E-state index >= 15 is 0 Å². The molecule has 3 heteroatoms. The van der Waals surface area contributed by atoms with Gasteiger partial charge in [-0.05, 0) is 44.9 Å². The molecule has 0 aliphatic carbocycles. The first kappa shape index (κ1) is 14.5. The van der Waals surface area contributed by atoms with Gasteiger partial charge in [0, 0.05) is 25.0 Å². The summed E-state index contributed by atoms with van der Waals surface area (Å²) in [5.74, 6) is 0.981. The van der Waals surface area contributed by atoms with Crippen molar-refractivity contribution in [2.24, 2.45) is 11.7 Å². The van der Waals surface area contributed by atoms with Crippen molar-refractivity contribution in [2.45, 2.75) is 71.4 Å². The van der Waals surface area contributed by atoms with Gasteiger partial charge in [0.1, 0.15) is 0 Å². The number of nitrogens with two attached hydrogens (primary N) is 1. The van der Waals surface area contributed by atoms with E-state index < -0.39 is 0 Å². The molecule has 0 saturated carbocycles. The Bertz CT molecular complexity index is 238. The Kier molecular flexibility index (Phi) is 5.96. The molecule has 0 aromatic heterocycles. The van der Waals surface area contributed by atoms with Gasteiger partial charge in [0.05, 0.1) is 0 Å². The Morgan fingerprint density at radius 1 is 1.35 bits per heavy atom. The average Bonchev–Trinajstić information content (AvgIpc) is 2.25. The molecule has 0 bridgehead atoms. The first-order valence-corrected chi connectivity index (χ1v) is 7.05. The molecule has 1 heterocycles. The fourth-order valence-electron chi connectivity index (χ4n) is 2.61. The van der Waals surface area contributed by atoms with Gasteiger partial charge in [0.15, 0.2) is 0 Å². The minimum atomic E-state index is 0.132. The molecule has 0 aromatic carbocycles. The Morgan fingerprint density at radius 3 is 2.65 bits per heavy atom. The van der Waals surface area contributed by atoms with Crippen LogP contribution in [-0.2, 0) is 4.79 Å². The van der Waals surface area contributed by atoms with Gasteiger partial charge < -0.3 is 10.6 Å². The van der Waals surface area contributed by atoms with E-state index in [1.807, 2.05) is 6.92 Å². The van der Waals surface area contributed by atoms with Crippen LogP contribution in [0.1, 0.15) is 59.3 Å². The van der Waals surface area contributed by atoms with E-state index in [0.29, 0.717) is 24.3 Å². The van der Waals surface area contributed by atoms with Crippen molar-refractivity contribution in [2.75, 3.05) is 6.54 Å². The van der Waals surface area contributed by atoms with Crippen LogP contribution in [0.15, 0.2) is 0 Å². The first-order valence-electron chi connectivity index (χ1n) is 7.05. The van der Waals surface area contributed by atoms with Crippen molar-refractivity contribution in [3.05, 3.63) is 0 Å². The SMILES string of the molecule is CC(C)CC1CCCCN1C(=O)CCC(C)N. The molecule has 1 saturated heterocycles. The van der Waals surface area contributed by atoms with Crippen LogP contribution in [-0.4, -0.2) is 29.4 Å². The van der Waals surface area contributed by atoms with E-state index in [4.69, 9.17) is 5.73 Å². The van der Waals surface area contributed by atoms with Crippen molar-refractivity contribution in [3.8, 4) is 0 Å². The highest BCUT2D eigenvalue weighted by Gasteiger charge is 2.26. The zero-order chi connectivity index (χ0) is 12.8. The van der Waals surface area contributed by atoms with Crippen molar-refractivity contribution in [1.29, 1.82) is 0 Å². The normalized spacial score (nSPS) is 22.9. The molecule has 1 aliphatic rings. The lowest BCUT2D eigenvalue weighted by Crippen LogP contribution is -2.44. The summed E-state index contributed by atoms with van der Waals surface area (Å²) in [6, 6.07) is 0.608. The standard InChI is InChI=1S/C14H28N2O/c1-11(2)10-13-6-4-5-9-16(13)14(17)8-7-12(3)15/h11-13H,4-10,15H2,1-3H3. The van der Waals surface area contributed by atoms with E-state index in [1.54, 1.807) is 0 Å². The summed E-state index contributed by atoms with van der Waals surface area (Å²) in [6.45, 7) is 7.39. The van der Waals surface area contributed by atoms with Gasteiger partial charge in [-0.25, -0.2) is 0 Å². The first-order chi connectivity index (χ1) is 8.00. The molecule has 17 heavy (non-hydrogen) atoms. The van der Waals surface area contributed by atoms with Gasteiger partial charge >= 0.3 is 0 Å². The van der Waals surface area contributed by atoms with E-state index in [9.17, 15) is 4.79 Å². The van der Waals surface area contributed by atoms with Crippen LogP contribution >= 0.6 is 0 Å². The van der Waals surface area contributed by atoms with Crippen molar-refractivity contribution in [1.82, 2.24) is 4.90 Å². The molecule has 0 radical (unpaired) electrons. The van der Waals surface area contributed by atoms with E-state index in [2.05, 4.69) is 18.7 Å². The topological polar surface area (TPSA) is 46.3 Å². The Balaban J connectivity index is 2.48. The van der Waals surface area contributed by atoms with Crippen molar-refractivity contribution >= 4 is 5.91 Å². The van der Waals surface area contributed by atoms with Gasteiger partial charge in [0.25, 0.3) is 0 Å². The molecular formula is C14H28N2O. The third-order valence-electron chi connectivity index (χ3n) is 3.50. The maximum Gasteiger partial charge on any atom is 0.222 e. The highest BCUT2D eigenvalue weighted by Crippen LogP contribution is 2.23. The quantitative estimate of drug-likeness (QED) is 0.802. The lowest BCUT2D eigenvalue weighted by molar-refractivity contribution is -0.135. The van der Waals surface area contributed by atoms with Gasteiger partial charge in [0.2, 0.25) is 5.91 Å². The number of likely N-dealkylation sites (tertiary alicyclic amines) is 1. The predicted octanol–water partition coefficient (Wildman–Crippen LogP) is 2.54. The summed E-state index contributed by atoms with van der Waals surface area (Å²) in [5, 5.41) is 0. The highest BCUT2D eigenvalue weighted by atomic mass is 16.2. The largest absolute Gasteiger partial charge is 0.340 e. The summed E-state index contributed by atoms with van der Waals surface area (Å²) in [5.41, 5.74) is 5.71. The Labute approximate surface area is 106 Å². The van der Waals surface area contributed by atoms with Gasteiger partial charge in [-0.2, -0.15) is 0 Å². The van der Waals surface area contributed by atoms with Crippen LogP contribution < -0.4 is 5.73 Å². The third-order valence-corrected chi connectivity index (χ3v) is 3.50. The molecule has 3 nitrogen and oxygen atoms in total. The third kappa shape index (κ3) is 5.07. The van der Waals surface area contributed by atoms with Crippen LogP contribution in [0.3, 0.4) is 0 Å². The van der Waals surface area contributed by atoms with Gasteiger partial charge in [-0.15, -0.1) is 0 Å². The number of nitrogens with zero attached hydrogens (tertiary/aromatic N) is 1. The average molecular weight is 240 g/mol. The lowest BCUT2D eigenvalue weighted by atomic mass is 9.93. The zero-order valence-electron chi connectivity index (χ0n) is 11.6. The number of carbonyl (C=O) groups is 1. The Hall–Kier alpha value is -0.570. The molecule has 2 unspecified atom stereocenters. The summed E-state index contributed by atoms with van der Waals surface area (Å²) >= 11 is 0. The molecule has 2 atom stereocenters. The molecule has 2 N–H and O–H groups in total. The summed E-state index contributed by atoms with van der Waals surface area (Å²) in [4.78, 5) is 14.3. The summed E-state index contributed by atoms with van der Waals surface area (Å²) in [6.07, 6.45) is 6.19. The molecule has 1 aliphatic heterocycles. The van der Waals surface area contributed by atoms with Crippen LogP contribution in [0.5, 0.6) is 0 Å². The molecule has 1 amide bonds. The minimum Gasteiger partial charge on any atom is -0.340 e. The maximum atomic E-state index is 12.2. The number of rotatable bonds is 5. The van der Waals surface area contributed by atoms with Crippen LogP contribution in [0.2, 0.25) is 0 Å². The number of hydrogen-bond donors (Lipinski definition) is 1. The molecule has 100 valence electrons. The molecule has 1 rings (SSSR count). The lowest BCUT2D eigenvalue weighted by Gasteiger charge is -2.37. The minimum absolute atomic E-state index is 0.132. The Morgan fingerprint density at radius 2 is 2.06 bits per heavy atom. The summed E-state index contributed by atoms with van der Waals surface area (Å²) in [7, 11) is 0. The smallest absolute Gasteiger partial charge is 0.222 e. The molecule has 0 spiro atoms. The predicted molar refractivity (Wildman–Crippen MR) is 71.7 cm³/mol. The fraction of sp³-hybridized carbons (Fsp3) is 0.929. The molecular weight excluding hydrogens is 212 g/mol. The van der Waals surface area contributed by atoms with Crippen LogP contribution in [0.25, 0.3) is 0 Å². The van der Waals surface area contributed by atoms with Crippen LogP contribution in [0.4, 0.5) is 0 Å². The number of piperidine rings is 1. The number of amides is 1. The van der Waals surface area contributed by atoms with Gasteiger partial charge in [-0.3, -0.25) is 4.79 Å². The van der Waals surface area contributed by atoms with E-state index in [0.717, 1.165) is 19.4 Å². The van der Waals surface area contributed by atoms with Crippen LogP contribution in [0, 0.1) is 5.92 Å².